The Bertz CT molecular complexity index is 562. The van der Waals surface area contributed by atoms with Crippen LogP contribution in [0.4, 0.5) is 4.39 Å². The second-order valence-electron chi connectivity index (χ2n) is 4.15. The summed E-state index contributed by atoms with van der Waals surface area (Å²) in [4.78, 5) is 12.0. The van der Waals surface area contributed by atoms with Crippen LogP contribution in [0.2, 0.25) is 5.02 Å². The van der Waals surface area contributed by atoms with Gasteiger partial charge in [0.1, 0.15) is 11.6 Å². The first-order valence-corrected chi connectivity index (χ1v) is 5.90. The number of carbonyl (C=O) groups is 1. The van der Waals surface area contributed by atoms with Gasteiger partial charge in [-0.15, -0.1) is 0 Å². The van der Waals surface area contributed by atoms with Crippen LogP contribution in [0.5, 0.6) is 0 Å². The molecule has 0 aliphatic rings. The number of rotatable bonds is 3. The molecule has 2 rings (SSSR count). The molecule has 0 fully saturated rings. The molecule has 0 bridgehead atoms. The molecule has 4 heteroatoms. The molecule has 18 heavy (non-hydrogen) atoms. The van der Waals surface area contributed by atoms with E-state index in [2.05, 4.69) is 0 Å². The predicted molar refractivity (Wildman–Crippen MR) is 67.6 cm³/mol. The van der Waals surface area contributed by atoms with Crippen LogP contribution < -0.4 is 0 Å². The van der Waals surface area contributed by atoms with Crippen molar-refractivity contribution in [3.63, 3.8) is 0 Å². The monoisotopic (exact) mass is 266 g/mol. The van der Waals surface area contributed by atoms with Crippen LogP contribution >= 0.6 is 11.6 Å². The number of halogens is 2. The minimum atomic E-state index is -0.476. The van der Waals surface area contributed by atoms with Gasteiger partial charge in [-0.2, -0.15) is 0 Å². The Kier molecular flexibility index (Phi) is 3.53. The van der Waals surface area contributed by atoms with Gasteiger partial charge in [-0.25, -0.2) is 4.39 Å². The fourth-order valence-electron chi connectivity index (χ4n) is 1.66. The highest BCUT2D eigenvalue weighted by molar-refractivity contribution is 6.31. The van der Waals surface area contributed by atoms with E-state index < -0.39 is 5.82 Å². The molecule has 0 unspecified atom stereocenters. The lowest BCUT2D eigenvalue weighted by Crippen LogP contribution is -2.04. The third-order valence-electron chi connectivity index (χ3n) is 2.84. The van der Waals surface area contributed by atoms with E-state index in [1.165, 1.54) is 12.1 Å². The molecule has 0 aliphatic heterocycles. The first kappa shape index (κ1) is 12.8. The summed E-state index contributed by atoms with van der Waals surface area (Å²) >= 11 is 5.87. The second kappa shape index (κ2) is 4.94. The van der Waals surface area contributed by atoms with Crippen molar-refractivity contribution in [2.24, 2.45) is 0 Å². The summed E-state index contributed by atoms with van der Waals surface area (Å²) in [6, 6.07) is 6.01. The minimum absolute atomic E-state index is 0.0993. The van der Waals surface area contributed by atoms with Gasteiger partial charge < -0.3 is 4.42 Å². The smallest absolute Gasteiger partial charge is 0.202 e. The number of hydrogen-bond donors (Lipinski definition) is 0. The molecule has 2 nitrogen and oxygen atoms in total. The molecule has 0 saturated carbocycles. The molecule has 0 radical (unpaired) electrons. The van der Waals surface area contributed by atoms with Gasteiger partial charge in [0, 0.05) is 17.0 Å². The van der Waals surface area contributed by atoms with Crippen LogP contribution in [-0.2, 0) is 6.42 Å². The van der Waals surface area contributed by atoms with Gasteiger partial charge >= 0.3 is 0 Å². The molecule has 2 aromatic rings. The van der Waals surface area contributed by atoms with Crippen molar-refractivity contribution in [2.45, 2.75) is 20.3 Å². The van der Waals surface area contributed by atoms with Gasteiger partial charge in [0.25, 0.3) is 0 Å². The summed E-state index contributed by atoms with van der Waals surface area (Å²) in [6.45, 7) is 3.63. The maximum absolute atomic E-state index is 13.5. The van der Waals surface area contributed by atoms with Crippen molar-refractivity contribution in [3.8, 4) is 0 Å². The van der Waals surface area contributed by atoms with Crippen molar-refractivity contribution < 1.29 is 13.6 Å². The average Bonchev–Trinajstić information content (AvgIpc) is 2.64. The summed E-state index contributed by atoms with van der Waals surface area (Å²) in [6.07, 6.45) is -0.0993. The molecule has 1 aromatic heterocycles. The van der Waals surface area contributed by atoms with Crippen molar-refractivity contribution in [1.82, 2.24) is 0 Å². The SMILES string of the molecule is Cc1cc(C(=O)Cc2c(F)cccc2Cl)oc1C. The number of ketones is 1. The van der Waals surface area contributed by atoms with Crippen LogP contribution in [0.1, 0.15) is 27.4 Å². The van der Waals surface area contributed by atoms with E-state index in [1.54, 1.807) is 19.1 Å². The van der Waals surface area contributed by atoms with Crippen molar-refractivity contribution >= 4 is 17.4 Å². The normalized spacial score (nSPS) is 10.7. The van der Waals surface area contributed by atoms with Crippen LogP contribution in [-0.4, -0.2) is 5.78 Å². The molecule has 1 heterocycles. The van der Waals surface area contributed by atoms with Crippen LogP contribution in [0.3, 0.4) is 0 Å². The van der Waals surface area contributed by atoms with Gasteiger partial charge in [0.15, 0.2) is 5.76 Å². The Morgan fingerprint density at radius 1 is 1.39 bits per heavy atom. The largest absolute Gasteiger partial charge is 0.458 e. The summed E-state index contributed by atoms with van der Waals surface area (Å²) in [5, 5.41) is 0.253. The van der Waals surface area contributed by atoms with Gasteiger partial charge in [0.05, 0.1) is 0 Å². The zero-order valence-corrected chi connectivity index (χ0v) is 10.8. The molecule has 0 saturated heterocycles. The Balaban J connectivity index is 2.27. The quantitative estimate of drug-likeness (QED) is 0.783. The molecule has 0 aliphatic carbocycles. The highest BCUT2D eigenvalue weighted by Gasteiger charge is 2.17. The fourth-order valence-corrected chi connectivity index (χ4v) is 1.89. The Morgan fingerprint density at radius 3 is 2.67 bits per heavy atom. The summed E-state index contributed by atoms with van der Waals surface area (Å²) < 4.78 is 18.9. The lowest BCUT2D eigenvalue weighted by atomic mass is 10.1. The minimum Gasteiger partial charge on any atom is -0.458 e. The maximum Gasteiger partial charge on any atom is 0.202 e. The summed E-state index contributed by atoms with van der Waals surface area (Å²) in [5.41, 5.74) is 1.11. The Labute approximate surface area is 109 Å². The van der Waals surface area contributed by atoms with E-state index in [4.69, 9.17) is 16.0 Å². The lowest BCUT2D eigenvalue weighted by molar-refractivity contribution is 0.0964. The first-order chi connectivity index (χ1) is 8.49. The van der Waals surface area contributed by atoms with Gasteiger partial charge in [-0.1, -0.05) is 17.7 Å². The van der Waals surface area contributed by atoms with Crippen LogP contribution in [0, 0.1) is 19.7 Å². The van der Waals surface area contributed by atoms with E-state index in [-0.39, 0.29) is 28.6 Å². The molecule has 94 valence electrons. The number of carbonyl (C=O) groups excluding carboxylic acids is 1. The van der Waals surface area contributed by atoms with Gasteiger partial charge in [0.2, 0.25) is 5.78 Å². The molecular formula is C14H12ClFO2. The predicted octanol–water partition coefficient (Wildman–Crippen LogP) is 4.11. The molecular weight excluding hydrogens is 255 g/mol. The van der Waals surface area contributed by atoms with E-state index in [1.807, 2.05) is 6.92 Å². The van der Waals surface area contributed by atoms with E-state index >= 15 is 0 Å². The average molecular weight is 267 g/mol. The highest BCUT2D eigenvalue weighted by Crippen LogP contribution is 2.22. The van der Waals surface area contributed by atoms with E-state index in [9.17, 15) is 9.18 Å². The van der Waals surface area contributed by atoms with E-state index in [0.717, 1.165) is 5.56 Å². The number of aryl methyl sites for hydroxylation is 2. The topological polar surface area (TPSA) is 30.2 Å². The van der Waals surface area contributed by atoms with Crippen LogP contribution in [0.25, 0.3) is 0 Å². The third kappa shape index (κ3) is 2.46. The number of Topliss-reactive ketones (excluding diaryl/α,β-unsaturated/α-hetero) is 1. The van der Waals surface area contributed by atoms with Crippen molar-refractivity contribution in [1.29, 1.82) is 0 Å². The van der Waals surface area contributed by atoms with Gasteiger partial charge in [-0.05, 0) is 37.6 Å². The fraction of sp³-hybridized carbons (Fsp3) is 0.214. The molecule has 0 spiro atoms. The molecule has 1 aromatic carbocycles. The van der Waals surface area contributed by atoms with Crippen LogP contribution in [0.15, 0.2) is 28.7 Å². The zero-order chi connectivity index (χ0) is 13.3. The number of furan rings is 1. The lowest BCUT2D eigenvalue weighted by Gasteiger charge is -2.03. The maximum atomic E-state index is 13.5. The Hall–Kier alpha value is -1.61. The van der Waals surface area contributed by atoms with Crippen molar-refractivity contribution in [3.05, 3.63) is 57.8 Å². The standard InChI is InChI=1S/C14H12ClFO2/c1-8-6-14(18-9(8)2)13(17)7-10-11(15)4-3-5-12(10)16/h3-6H,7H2,1-2H3. The second-order valence-corrected chi connectivity index (χ2v) is 4.56. The molecule has 0 amide bonds. The van der Waals surface area contributed by atoms with Crippen molar-refractivity contribution in [2.75, 3.05) is 0 Å². The zero-order valence-electron chi connectivity index (χ0n) is 10.1. The summed E-state index contributed by atoms with van der Waals surface area (Å²) in [5.74, 6) is 0.177. The highest BCUT2D eigenvalue weighted by atomic mass is 35.5. The Morgan fingerprint density at radius 2 is 2.11 bits per heavy atom. The molecule has 0 atom stereocenters. The number of benzene rings is 1. The van der Waals surface area contributed by atoms with Gasteiger partial charge in [-0.3, -0.25) is 4.79 Å². The molecule has 0 N–H and O–H groups in total. The van der Waals surface area contributed by atoms with E-state index in [0.29, 0.717) is 5.76 Å². The first-order valence-electron chi connectivity index (χ1n) is 5.52. The number of hydrogen-bond acceptors (Lipinski definition) is 2. The summed E-state index contributed by atoms with van der Waals surface area (Å²) in [7, 11) is 0. The third-order valence-corrected chi connectivity index (χ3v) is 3.19.